The van der Waals surface area contributed by atoms with E-state index in [0.29, 0.717) is 25.7 Å². The molecule has 6 heteroatoms. The van der Waals surface area contributed by atoms with Gasteiger partial charge in [-0.05, 0) is 6.42 Å². The van der Waals surface area contributed by atoms with E-state index < -0.39 is 0 Å². The predicted octanol–water partition coefficient (Wildman–Crippen LogP) is 0.193. The van der Waals surface area contributed by atoms with E-state index in [1.54, 1.807) is 14.2 Å². The molecule has 6 nitrogen and oxygen atoms in total. The quantitative estimate of drug-likeness (QED) is 0.389. The summed E-state index contributed by atoms with van der Waals surface area (Å²) in [6.45, 7) is 5.40. The molecule has 19 heavy (non-hydrogen) atoms. The molecule has 0 amide bonds. The summed E-state index contributed by atoms with van der Waals surface area (Å²) in [6.07, 6.45) is 1.14. The first-order valence-corrected chi connectivity index (χ1v) is 6.84. The van der Waals surface area contributed by atoms with Gasteiger partial charge in [-0.15, -0.1) is 0 Å². The van der Waals surface area contributed by atoms with Crippen molar-refractivity contribution in [3.8, 4) is 0 Å². The van der Waals surface area contributed by atoms with Crippen LogP contribution in [0.3, 0.4) is 0 Å². The average Bonchev–Trinajstić information content (AvgIpc) is 2.90. The highest BCUT2D eigenvalue weighted by atomic mass is 16.5. The van der Waals surface area contributed by atoms with E-state index in [2.05, 4.69) is 22.3 Å². The Labute approximate surface area is 116 Å². The number of guanidine groups is 1. The van der Waals surface area contributed by atoms with Crippen molar-refractivity contribution in [3.05, 3.63) is 0 Å². The van der Waals surface area contributed by atoms with Crippen molar-refractivity contribution in [1.82, 2.24) is 10.2 Å². The maximum atomic E-state index is 5.40. The highest BCUT2D eigenvalue weighted by molar-refractivity contribution is 5.79. The van der Waals surface area contributed by atoms with E-state index >= 15 is 0 Å². The van der Waals surface area contributed by atoms with Crippen LogP contribution in [0.2, 0.25) is 0 Å². The normalized spacial score (nSPS) is 19.7. The third-order valence-corrected chi connectivity index (χ3v) is 3.09. The van der Waals surface area contributed by atoms with Crippen LogP contribution in [0.5, 0.6) is 0 Å². The van der Waals surface area contributed by atoms with Gasteiger partial charge in [-0.1, -0.05) is 0 Å². The third kappa shape index (κ3) is 6.75. The molecular weight excluding hydrogens is 246 g/mol. The molecular formula is C13H27N3O3. The number of nitrogens with zero attached hydrogens (tertiary/aromatic N) is 2. The minimum atomic E-state index is 0.613. The van der Waals surface area contributed by atoms with Gasteiger partial charge in [-0.3, -0.25) is 4.99 Å². The molecule has 0 spiro atoms. The van der Waals surface area contributed by atoms with Crippen LogP contribution >= 0.6 is 0 Å². The topological polar surface area (TPSA) is 55.3 Å². The van der Waals surface area contributed by atoms with Gasteiger partial charge in [0.1, 0.15) is 0 Å². The van der Waals surface area contributed by atoms with E-state index in [9.17, 15) is 0 Å². The van der Waals surface area contributed by atoms with Gasteiger partial charge in [-0.25, -0.2) is 0 Å². The summed E-state index contributed by atoms with van der Waals surface area (Å²) in [4.78, 5) is 6.42. The first-order chi connectivity index (χ1) is 9.27. The second-order valence-electron chi connectivity index (χ2n) is 4.69. The molecule has 1 heterocycles. The maximum absolute atomic E-state index is 5.40. The molecule has 0 saturated carbocycles. The lowest BCUT2D eigenvalue weighted by Gasteiger charge is -2.24. The Hall–Kier alpha value is -0.850. The molecule has 1 unspecified atom stereocenters. The number of nitrogens with one attached hydrogen (secondary N) is 1. The zero-order valence-electron chi connectivity index (χ0n) is 12.4. The van der Waals surface area contributed by atoms with Crippen LogP contribution in [-0.2, 0) is 14.2 Å². The molecule has 1 N–H and O–H groups in total. The van der Waals surface area contributed by atoms with Gasteiger partial charge >= 0.3 is 0 Å². The third-order valence-electron chi connectivity index (χ3n) is 3.09. The zero-order valence-corrected chi connectivity index (χ0v) is 12.4. The fraction of sp³-hybridized carbons (Fsp3) is 0.923. The van der Waals surface area contributed by atoms with Gasteiger partial charge in [0.15, 0.2) is 5.96 Å². The van der Waals surface area contributed by atoms with Crippen LogP contribution in [0.1, 0.15) is 6.42 Å². The largest absolute Gasteiger partial charge is 0.382 e. The Bertz CT molecular complexity index is 256. The SMILES string of the molecule is CN=C(NCCOCCOC)N(C)CC1CCOC1. The number of rotatable bonds is 8. The minimum Gasteiger partial charge on any atom is -0.382 e. The summed E-state index contributed by atoms with van der Waals surface area (Å²) in [5, 5.41) is 3.29. The molecule has 112 valence electrons. The second kappa shape index (κ2) is 10.00. The van der Waals surface area contributed by atoms with Crippen LogP contribution in [0.15, 0.2) is 4.99 Å². The first kappa shape index (κ1) is 16.2. The smallest absolute Gasteiger partial charge is 0.193 e. The van der Waals surface area contributed by atoms with Gasteiger partial charge in [0.2, 0.25) is 0 Å². The van der Waals surface area contributed by atoms with Gasteiger partial charge in [0.05, 0.1) is 26.4 Å². The van der Waals surface area contributed by atoms with Crippen molar-refractivity contribution in [2.45, 2.75) is 6.42 Å². The maximum Gasteiger partial charge on any atom is 0.193 e. The highest BCUT2D eigenvalue weighted by Crippen LogP contribution is 2.13. The summed E-state index contributed by atoms with van der Waals surface area (Å²) < 4.78 is 15.7. The molecule has 1 atom stereocenters. The molecule has 0 aromatic rings. The van der Waals surface area contributed by atoms with Crippen molar-refractivity contribution in [1.29, 1.82) is 0 Å². The number of methoxy groups -OCH3 is 1. The van der Waals surface area contributed by atoms with Crippen LogP contribution in [0.25, 0.3) is 0 Å². The van der Waals surface area contributed by atoms with Crippen molar-refractivity contribution in [2.75, 3.05) is 67.3 Å². The van der Waals surface area contributed by atoms with Crippen LogP contribution in [-0.4, -0.2) is 78.2 Å². The standard InChI is InChI=1S/C13H27N3O3/c1-14-13(15-5-7-18-9-8-17-3)16(2)10-12-4-6-19-11-12/h12H,4-11H2,1-3H3,(H,14,15). The average molecular weight is 273 g/mol. The molecule has 0 aromatic carbocycles. The molecule has 0 aliphatic carbocycles. The van der Waals surface area contributed by atoms with Gasteiger partial charge in [0.25, 0.3) is 0 Å². The van der Waals surface area contributed by atoms with E-state index in [0.717, 1.165) is 38.7 Å². The Morgan fingerprint density at radius 3 is 2.89 bits per heavy atom. The van der Waals surface area contributed by atoms with E-state index in [1.807, 2.05) is 0 Å². The Morgan fingerprint density at radius 1 is 1.42 bits per heavy atom. The summed E-state index contributed by atoms with van der Waals surface area (Å²) in [6, 6.07) is 0. The second-order valence-corrected chi connectivity index (χ2v) is 4.69. The fourth-order valence-corrected chi connectivity index (χ4v) is 2.07. The summed E-state index contributed by atoms with van der Waals surface area (Å²) >= 11 is 0. The lowest BCUT2D eigenvalue weighted by molar-refractivity contribution is 0.0731. The molecule has 0 radical (unpaired) electrons. The van der Waals surface area contributed by atoms with Gasteiger partial charge in [-0.2, -0.15) is 0 Å². The first-order valence-electron chi connectivity index (χ1n) is 6.84. The monoisotopic (exact) mass is 273 g/mol. The molecule has 1 aliphatic rings. The molecule has 1 rings (SSSR count). The molecule has 0 bridgehead atoms. The number of aliphatic imine (C=N–C) groups is 1. The van der Waals surface area contributed by atoms with E-state index in [1.165, 1.54) is 0 Å². The van der Waals surface area contributed by atoms with Crippen LogP contribution < -0.4 is 5.32 Å². The number of hydrogen-bond acceptors (Lipinski definition) is 4. The zero-order chi connectivity index (χ0) is 13.9. The van der Waals surface area contributed by atoms with Crippen molar-refractivity contribution in [2.24, 2.45) is 10.9 Å². The number of hydrogen-bond donors (Lipinski definition) is 1. The lowest BCUT2D eigenvalue weighted by atomic mass is 10.1. The Kier molecular flexibility index (Phi) is 8.53. The molecule has 1 fully saturated rings. The summed E-state index contributed by atoms with van der Waals surface area (Å²) in [7, 11) is 5.53. The van der Waals surface area contributed by atoms with Gasteiger partial charge < -0.3 is 24.4 Å². The Balaban J connectivity index is 2.13. The summed E-state index contributed by atoms with van der Waals surface area (Å²) in [5.74, 6) is 1.52. The predicted molar refractivity (Wildman–Crippen MR) is 75.6 cm³/mol. The molecule has 1 saturated heterocycles. The van der Waals surface area contributed by atoms with Crippen LogP contribution in [0.4, 0.5) is 0 Å². The minimum absolute atomic E-state index is 0.613. The van der Waals surface area contributed by atoms with Gasteiger partial charge in [0, 0.05) is 46.8 Å². The van der Waals surface area contributed by atoms with Crippen LogP contribution in [0, 0.1) is 5.92 Å². The lowest BCUT2D eigenvalue weighted by Crippen LogP contribution is -2.42. The number of ether oxygens (including phenoxy) is 3. The Morgan fingerprint density at radius 2 is 2.26 bits per heavy atom. The fourth-order valence-electron chi connectivity index (χ4n) is 2.07. The van der Waals surface area contributed by atoms with Crippen molar-refractivity contribution in [3.63, 3.8) is 0 Å². The highest BCUT2D eigenvalue weighted by Gasteiger charge is 2.18. The molecule has 0 aromatic heterocycles. The van der Waals surface area contributed by atoms with E-state index in [-0.39, 0.29) is 0 Å². The van der Waals surface area contributed by atoms with E-state index in [4.69, 9.17) is 14.2 Å². The molecule has 1 aliphatic heterocycles. The summed E-state index contributed by atoms with van der Waals surface area (Å²) in [5.41, 5.74) is 0. The van der Waals surface area contributed by atoms with Crippen molar-refractivity contribution < 1.29 is 14.2 Å². The van der Waals surface area contributed by atoms with Crippen molar-refractivity contribution >= 4 is 5.96 Å².